The third-order valence-electron chi connectivity index (χ3n) is 5.01. The molecular weight excluding hydrogens is 334 g/mol. The third kappa shape index (κ3) is 3.28. The number of fused-ring (bicyclic) bond motifs is 1. The number of carbonyl (C=O) groups is 2. The lowest BCUT2D eigenvalue weighted by Gasteiger charge is -2.20. The molecule has 2 saturated heterocycles. The molecule has 0 aliphatic carbocycles. The fourth-order valence-corrected chi connectivity index (χ4v) is 3.60. The van der Waals surface area contributed by atoms with Crippen molar-refractivity contribution in [1.82, 2.24) is 25.4 Å². The van der Waals surface area contributed by atoms with Gasteiger partial charge < -0.3 is 15.0 Å². The Balaban J connectivity index is 1.35. The second kappa shape index (κ2) is 7.17. The molecule has 2 aromatic heterocycles. The van der Waals surface area contributed by atoms with E-state index < -0.39 is 0 Å². The molecule has 2 amide bonds. The summed E-state index contributed by atoms with van der Waals surface area (Å²) in [5.74, 6) is 0.211. The minimum atomic E-state index is -0.143. The van der Waals surface area contributed by atoms with Gasteiger partial charge in [-0.15, -0.1) is 0 Å². The van der Waals surface area contributed by atoms with Crippen molar-refractivity contribution in [3.8, 4) is 0 Å². The zero-order chi connectivity index (χ0) is 17.9. The minimum Gasteiger partial charge on any atom is -0.376 e. The van der Waals surface area contributed by atoms with E-state index in [0.717, 1.165) is 0 Å². The number of carbonyl (C=O) groups excluding carboxylic acids is 2. The molecule has 134 valence electrons. The molecule has 0 spiro atoms. The van der Waals surface area contributed by atoms with Crippen LogP contribution in [0.3, 0.4) is 0 Å². The van der Waals surface area contributed by atoms with Crippen LogP contribution in [0, 0.1) is 11.8 Å². The first-order valence-corrected chi connectivity index (χ1v) is 8.58. The number of amides is 2. The average Bonchev–Trinajstić information content (AvgIpc) is 3.28. The van der Waals surface area contributed by atoms with Crippen LogP contribution in [0.5, 0.6) is 0 Å². The highest BCUT2D eigenvalue weighted by Gasteiger charge is 2.45. The SMILES string of the molecule is O=C(NC[C@@H]1CO[C@@H]2CN(C(=O)c3ccnnc3)C[C@H]12)c1cccnc1. The molecule has 8 nitrogen and oxygen atoms in total. The smallest absolute Gasteiger partial charge is 0.255 e. The summed E-state index contributed by atoms with van der Waals surface area (Å²) in [5, 5.41) is 10.4. The van der Waals surface area contributed by atoms with Crippen LogP contribution in [0.2, 0.25) is 0 Å². The molecule has 1 N–H and O–H groups in total. The number of aromatic nitrogens is 3. The number of rotatable bonds is 4. The zero-order valence-electron chi connectivity index (χ0n) is 14.1. The van der Waals surface area contributed by atoms with Gasteiger partial charge in [0, 0.05) is 43.9 Å². The summed E-state index contributed by atoms with van der Waals surface area (Å²) >= 11 is 0. The summed E-state index contributed by atoms with van der Waals surface area (Å²) in [6.07, 6.45) is 6.19. The fraction of sp³-hybridized carbons (Fsp3) is 0.389. The van der Waals surface area contributed by atoms with Gasteiger partial charge in [-0.3, -0.25) is 14.6 Å². The second-order valence-corrected chi connectivity index (χ2v) is 6.59. The minimum absolute atomic E-state index is 0.0223. The van der Waals surface area contributed by atoms with Crippen molar-refractivity contribution in [3.05, 3.63) is 54.1 Å². The molecule has 2 aliphatic rings. The quantitative estimate of drug-likeness (QED) is 0.854. The van der Waals surface area contributed by atoms with Crippen molar-refractivity contribution in [1.29, 1.82) is 0 Å². The van der Waals surface area contributed by atoms with Crippen LogP contribution in [0.1, 0.15) is 20.7 Å². The van der Waals surface area contributed by atoms with Crippen LogP contribution in [0.15, 0.2) is 43.0 Å². The number of nitrogens with one attached hydrogen (secondary N) is 1. The highest BCUT2D eigenvalue weighted by atomic mass is 16.5. The Labute approximate surface area is 150 Å². The second-order valence-electron chi connectivity index (χ2n) is 6.59. The van der Waals surface area contributed by atoms with Crippen molar-refractivity contribution in [2.45, 2.75) is 6.10 Å². The van der Waals surface area contributed by atoms with Gasteiger partial charge in [0.1, 0.15) is 0 Å². The standard InChI is InChI=1S/C18H19N5O3/c24-17(12-2-1-4-19-6-12)20-7-14-11-26-16-10-23(9-15(14)16)18(25)13-3-5-21-22-8-13/h1-6,8,14-16H,7,9-11H2,(H,20,24)/t14-,15-,16-/m1/s1. The van der Waals surface area contributed by atoms with Crippen LogP contribution in [-0.4, -0.2) is 64.2 Å². The van der Waals surface area contributed by atoms with Crippen molar-refractivity contribution in [3.63, 3.8) is 0 Å². The van der Waals surface area contributed by atoms with Gasteiger partial charge in [0.05, 0.1) is 36.2 Å². The maximum Gasteiger partial charge on any atom is 0.255 e. The largest absolute Gasteiger partial charge is 0.376 e. The van der Waals surface area contributed by atoms with Gasteiger partial charge in [-0.25, -0.2) is 0 Å². The van der Waals surface area contributed by atoms with E-state index in [1.807, 2.05) is 0 Å². The van der Waals surface area contributed by atoms with Gasteiger partial charge in [0.2, 0.25) is 0 Å². The maximum atomic E-state index is 12.6. The molecule has 2 aromatic rings. The predicted octanol–water partition coefficient (Wildman–Crippen LogP) is 0.389. The van der Waals surface area contributed by atoms with Crippen LogP contribution in [-0.2, 0) is 4.74 Å². The van der Waals surface area contributed by atoms with Crippen LogP contribution in [0.4, 0.5) is 0 Å². The molecule has 26 heavy (non-hydrogen) atoms. The number of pyridine rings is 1. The Bertz CT molecular complexity index is 786. The highest BCUT2D eigenvalue weighted by Crippen LogP contribution is 2.34. The number of hydrogen-bond donors (Lipinski definition) is 1. The Morgan fingerprint density at radius 1 is 1.15 bits per heavy atom. The van der Waals surface area contributed by atoms with Gasteiger partial charge in [-0.05, 0) is 18.2 Å². The van der Waals surface area contributed by atoms with Crippen LogP contribution >= 0.6 is 0 Å². The summed E-state index contributed by atoms with van der Waals surface area (Å²) in [4.78, 5) is 30.5. The summed E-state index contributed by atoms with van der Waals surface area (Å²) in [6.45, 7) is 2.31. The van der Waals surface area contributed by atoms with Gasteiger partial charge in [-0.1, -0.05) is 0 Å². The van der Waals surface area contributed by atoms with Crippen molar-refractivity contribution < 1.29 is 14.3 Å². The number of likely N-dealkylation sites (tertiary alicyclic amines) is 1. The summed E-state index contributed by atoms with van der Waals surface area (Å²) in [5.41, 5.74) is 1.07. The maximum absolute atomic E-state index is 12.6. The van der Waals surface area contributed by atoms with E-state index in [4.69, 9.17) is 4.74 Å². The first kappa shape index (κ1) is 16.6. The molecule has 0 bridgehead atoms. The average molecular weight is 353 g/mol. The first-order valence-electron chi connectivity index (χ1n) is 8.58. The highest BCUT2D eigenvalue weighted by molar-refractivity contribution is 5.94. The molecular formula is C18H19N5O3. The lowest BCUT2D eigenvalue weighted by molar-refractivity contribution is 0.0674. The van der Waals surface area contributed by atoms with E-state index in [2.05, 4.69) is 20.5 Å². The Kier molecular flexibility index (Phi) is 4.57. The topological polar surface area (TPSA) is 97.3 Å². The molecule has 3 atom stereocenters. The monoisotopic (exact) mass is 353 g/mol. The van der Waals surface area contributed by atoms with Gasteiger partial charge in [-0.2, -0.15) is 10.2 Å². The van der Waals surface area contributed by atoms with E-state index >= 15 is 0 Å². The molecule has 0 radical (unpaired) electrons. The van der Waals surface area contributed by atoms with E-state index in [9.17, 15) is 9.59 Å². The van der Waals surface area contributed by atoms with Gasteiger partial charge in [0.15, 0.2) is 0 Å². The van der Waals surface area contributed by atoms with E-state index in [1.54, 1.807) is 35.5 Å². The number of ether oxygens (including phenoxy) is 1. The first-order chi connectivity index (χ1) is 12.7. The molecule has 4 rings (SSSR count). The molecule has 8 heteroatoms. The Morgan fingerprint density at radius 3 is 2.85 bits per heavy atom. The third-order valence-corrected chi connectivity index (χ3v) is 5.01. The number of hydrogen-bond acceptors (Lipinski definition) is 6. The fourth-order valence-electron chi connectivity index (χ4n) is 3.60. The van der Waals surface area contributed by atoms with Crippen molar-refractivity contribution in [2.24, 2.45) is 11.8 Å². The normalized spacial score (nSPS) is 24.3. The van der Waals surface area contributed by atoms with E-state index in [0.29, 0.717) is 37.4 Å². The Hall–Kier alpha value is -2.87. The van der Waals surface area contributed by atoms with E-state index in [-0.39, 0.29) is 29.8 Å². The summed E-state index contributed by atoms with van der Waals surface area (Å²) in [6, 6.07) is 5.13. The van der Waals surface area contributed by atoms with Crippen LogP contribution in [0.25, 0.3) is 0 Å². The lowest BCUT2D eigenvalue weighted by atomic mass is 9.93. The van der Waals surface area contributed by atoms with E-state index in [1.165, 1.54) is 12.4 Å². The molecule has 4 heterocycles. The lowest BCUT2D eigenvalue weighted by Crippen LogP contribution is -2.35. The van der Waals surface area contributed by atoms with Crippen LogP contribution < -0.4 is 5.32 Å². The Morgan fingerprint density at radius 2 is 2.08 bits per heavy atom. The molecule has 0 saturated carbocycles. The molecule has 0 unspecified atom stereocenters. The predicted molar refractivity (Wildman–Crippen MR) is 91.2 cm³/mol. The van der Waals surface area contributed by atoms with Gasteiger partial charge in [0.25, 0.3) is 11.8 Å². The van der Waals surface area contributed by atoms with Crippen molar-refractivity contribution in [2.75, 3.05) is 26.2 Å². The molecule has 2 fully saturated rings. The molecule has 0 aromatic carbocycles. The number of nitrogens with zero attached hydrogens (tertiary/aromatic N) is 4. The molecule has 2 aliphatic heterocycles. The summed E-state index contributed by atoms with van der Waals surface area (Å²) in [7, 11) is 0. The van der Waals surface area contributed by atoms with Gasteiger partial charge >= 0.3 is 0 Å². The zero-order valence-corrected chi connectivity index (χ0v) is 14.1. The van der Waals surface area contributed by atoms with Crippen molar-refractivity contribution >= 4 is 11.8 Å². The summed E-state index contributed by atoms with van der Waals surface area (Å²) < 4.78 is 5.86.